The van der Waals surface area contributed by atoms with Crippen molar-refractivity contribution in [3.63, 3.8) is 0 Å². The maximum absolute atomic E-state index is 13.5. The lowest BCUT2D eigenvalue weighted by molar-refractivity contribution is -0.122. The molecule has 25 heavy (non-hydrogen) atoms. The summed E-state index contributed by atoms with van der Waals surface area (Å²) in [7, 11) is 1.79. The molecule has 0 aliphatic heterocycles. The Hall–Kier alpha value is -2.78. The second kappa shape index (κ2) is 8.90. The molecule has 0 saturated heterocycles. The van der Waals surface area contributed by atoms with Gasteiger partial charge in [0.1, 0.15) is 11.6 Å². The minimum atomic E-state index is -0.608. The Morgan fingerprint density at radius 1 is 1.20 bits per heavy atom. The number of rotatable bonds is 7. The third-order valence-electron chi connectivity index (χ3n) is 3.68. The van der Waals surface area contributed by atoms with Gasteiger partial charge in [0.05, 0.1) is 18.2 Å². The molecule has 1 amide bonds. The van der Waals surface area contributed by atoms with Crippen LogP contribution in [-0.2, 0) is 17.8 Å². The van der Waals surface area contributed by atoms with Crippen LogP contribution < -0.4 is 5.32 Å². The van der Waals surface area contributed by atoms with E-state index >= 15 is 0 Å². The molecule has 1 N–H and O–H groups in total. The average molecular weight is 343 g/mol. The fourth-order valence-electron chi connectivity index (χ4n) is 2.51. The Morgan fingerprint density at radius 2 is 1.88 bits per heavy atom. The Balaban J connectivity index is 1.79. The molecule has 0 saturated carbocycles. The molecule has 2 aromatic carbocycles. The Morgan fingerprint density at radius 3 is 2.56 bits per heavy atom. The van der Waals surface area contributed by atoms with Gasteiger partial charge in [-0.2, -0.15) is 5.26 Å². The Bertz CT molecular complexity index is 766. The zero-order valence-corrected chi connectivity index (χ0v) is 13.9. The van der Waals surface area contributed by atoms with E-state index in [0.29, 0.717) is 12.1 Å². The normalized spacial score (nSPS) is 10.5. The first-order valence-corrected chi connectivity index (χ1v) is 7.86. The third kappa shape index (κ3) is 5.66. The summed E-state index contributed by atoms with van der Waals surface area (Å²) < 4.78 is 27.0. The number of amides is 1. The molecule has 2 rings (SSSR count). The van der Waals surface area contributed by atoms with Crippen LogP contribution in [0.2, 0.25) is 0 Å². The van der Waals surface area contributed by atoms with Crippen molar-refractivity contribution >= 4 is 5.91 Å². The average Bonchev–Trinajstić information content (AvgIpc) is 2.57. The molecular formula is C19H19F2N3O. The molecule has 0 unspecified atom stereocenters. The predicted octanol–water partition coefficient (Wildman–Crippen LogP) is 2.63. The van der Waals surface area contributed by atoms with Crippen molar-refractivity contribution in [3.8, 4) is 6.07 Å². The van der Waals surface area contributed by atoms with Crippen LogP contribution in [0.1, 0.15) is 16.7 Å². The summed E-state index contributed by atoms with van der Waals surface area (Å²) in [5.74, 6) is -1.44. The van der Waals surface area contributed by atoms with Gasteiger partial charge in [-0.3, -0.25) is 9.69 Å². The van der Waals surface area contributed by atoms with Crippen molar-refractivity contribution in [1.82, 2.24) is 10.2 Å². The highest BCUT2D eigenvalue weighted by molar-refractivity contribution is 5.77. The van der Waals surface area contributed by atoms with Crippen LogP contribution in [0.5, 0.6) is 0 Å². The molecule has 0 aliphatic carbocycles. The Kier molecular flexibility index (Phi) is 6.61. The molecule has 2 aromatic rings. The summed E-state index contributed by atoms with van der Waals surface area (Å²) in [6.07, 6.45) is 0.0954. The number of hydrogen-bond acceptors (Lipinski definition) is 3. The molecule has 0 heterocycles. The van der Waals surface area contributed by atoms with E-state index in [1.165, 1.54) is 18.2 Å². The van der Waals surface area contributed by atoms with Crippen molar-refractivity contribution in [2.24, 2.45) is 0 Å². The topological polar surface area (TPSA) is 56.1 Å². The maximum atomic E-state index is 13.5. The first kappa shape index (κ1) is 18.6. The number of likely N-dealkylation sites (N-methyl/N-ethyl adjacent to an activating group) is 1. The van der Waals surface area contributed by atoms with Crippen LogP contribution in [0.4, 0.5) is 8.78 Å². The first-order chi connectivity index (χ1) is 12.0. The lowest BCUT2D eigenvalue weighted by Crippen LogP contribution is -2.36. The zero-order valence-electron chi connectivity index (χ0n) is 13.9. The molecule has 0 aromatic heterocycles. The van der Waals surface area contributed by atoms with Gasteiger partial charge in [-0.25, -0.2) is 8.78 Å². The molecule has 0 spiro atoms. The standard InChI is InChI=1S/C19H19F2N3O/c1-24(12-15-5-2-4-14(10-15)11-22)13-19(25)23-9-8-16-17(20)6-3-7-18(16)21/h2-7,10H,8-9,12-13H2,1H3,(H,23,25). The number of carbonyl (C=O) groups is 1. The van der Waals surface area contributed by atoms with E-state index in [0.717, 1.165) is 5.56 Å². The van der Waals surface area contributed by atoms with E-state index in [2.05, 4.69) is 11.4 Å². The van der Waals surface area contributed by atoms with E-state index < -0.39 is 11.6 Å². The van der Waals surface area contributed by atoms with Crippen molar-refractivity contribution < 1.29 is 13.6 Å². The third-order valence-corrected chi connectivity index (χ3v) is 3.68. The van der Waals surface area contributed by atoms with Gasteiger partial charge in [0, 0.05) is 18.7 Å². The van der Waals surface area contributed by atoms with Gasteiger partial charge < -0.3 is 5.32 Å². The fraction of sp³-hybridized carbons (Fsp3) is 0.263. The number of halogens is 2. The zero-order chi connectivity index (χ0) is 18.2. The second-order valence-corrected chi connectivity index (χ2v) is 5.78. The van der Waals surface area contributed by atoms with E-state index in [4.69, 9.17) is 5.26 Å². The summed E-state index contributed by atoms with van der Waals surface area (Å²) in [6.45, 7) is 0.829. The van der Waals surface area contributed by atoms with Crippen LogP contribution in [-0.4, -0.2) is 30.9 Å². The van der Waals surface area contributed by atoms with Crippen molar-refractivity contribution in [2.45, 2.75) is 13.0 Å². The minimum Gasteiger partial charge on any atom is -0.355 e. The van der Waals surface area contributed by atoms with Gasteiger partial charge in [0.2, 0.25) is 5.91 Å². The summed E-state index contributed by atoms with van der Waals surface area (Å²) >= 11 is 0. The van der Waals surface area contributed by atoms with Crippen LogP contribution in [0, 0.1) is 23.0 Å². The van der Waals surface area contributed by atoms with Gasteiger partial charge >= 0.3 is 0 Å². The van der Waals surface area contributed by atoms with Crippen LogP contribution in [0.3, 0.4) is 0 Å². The SMILES string of the molecule is CN(CC(=O)NCCc1c(F)cccc1F)Cc1cccc(C#N)c1. The molecule has 0 aliphatic rings. The van der Waals surface area contributed by atoms with Crippen LogP contribution in [0.25, 0.3) is 0 Å². The largest absolute Gasteiger partial charge is 0.355 e. The first-order valence-electron chi connectivity index (χ1n) is 7.86. The fourth-order valence-corrected chi connectivity index (χ4v) is 2.51. The Labute approximate surface area is 145 Å². The molecule has 6 heteroatoms. The summed E-state index contributed by atoms with van der Waals surface area (Å²) in [4.78, 5) is 13.7. The summed E-state index contributed by atoms with van der Waals surface area (Å²) in [6, 6.07) is 13.0. The highest BCUT2D eigenvalue weighted by Gasteiger charge is 2.10. The highest BCUT2D eigenvalue weighted by atomic mass is 19.1. The molecule has 0 fully saturated rings. The number of benzene rings is 2. The number of nitrogens with one attached hydrogen (secondary N) is 1. The summed E-state index contributed by atoms with van der Waals surface area (Å²) in [5, 5.41) is 11.5. The molecule has 130 valence electrons. The number of hydrogen-bond donors (Lipinski definition) is 1. The minimum absolute atomic E-state index is 0.0236. The van der Waals surface area contributed by atoms with Crippen molar-refractivity contribution in [3.05, 3.63) is 70.8 Å². The van der Waals surface area contributed by atoms with Gasteiger partial charge in [-0.1, -0.05) is 18.2 Å². The smallest absolute Gasteiger partial charge is 0.234 e. The quantitative estimate of drug-likeness (QED) is 0.841. The summed E-state index contributed by atoms with van der Waals surface area (Å²) in [5.41, 5.74) is 1.48. The van der Waals surface area contributed by atoms with Gasteiger partial charge in [0.15, 0.2) is 0 Å². The maximum Gasteiger partial charge on any atom is 0.234 e. The van der Waals surface area contributed by atoms with E-state index in [9.17, 15) is 13.6 Å². The predicted molar refractivity (Wildman–Crippen MR) is 90.6 cm³/mol. The van der Waals surface area contributed by atoms with E-state index in [1.807, 2.05) is 6.07 Å². The second-order valence-electron chi connectivity index (χ2n) is 5.78. The van der Waals surface area contributed by atoms with E-state index in [-0.39, 0.29) is 31.0 Å². The van der Waals surface area contributed by atoms with Gasteiger partial charge in [-0.05, 0) is 43.3 Å². The molecule has 0 bridgehead atoms. The van der Waals surface area contributed by atoms with Crippen LogP contribution in [0.15, 0.2) is 42.5 Å². The molecule has 0 radical (unpaired) electrons. The molecule has 0 atom stereocenters. The number of carbonyl (C=O) groups excluding carboxylic acids is 1. The van der Waals surface area contributed by atoms with Gasteiger partial charge in [0.25, 0.3) is 0 Å². The van der Waals surface area contributed by atoms with E-state index in [1.54, 1.807) is 30.1 Å². The van der Waals surface area contributed by atoms with Crippen LogP contribution >= 0.6 is 0 Å². The van der Waals surface area contributed by atoms with Crippen molar-refractivity contribution in [2.75, 3.05) is 20.1 Å². The number of nitriles is 1. The van der Waals surface area contributed by atoms with Gasteiger partial charge in [-0.15, -0.1) is 0 Å². The molecule has 4 nitrogen and oxygen atoms in total. The lowest BCUT2D eigenvalue weighted by atomic mass is 10.1. The molecular weight excluding hydrogens is 324 g/mol. The van der Waals surface area contributed by atoms with Crippen molar-refractivity contribution in [1.29, 1.82) is 5.26 Å². The number of nitrogens with zero attached hydrogens (tertiary/aromatic N) is 2. The monoisotopic (exact) mass is 343 g/mol. The highest BCUT2D eigenvalue weighted by Crippen LogP contribution is 2.12. The lowest BCUT2D eigenvalue weighted by Gasteiger charge is -2.16.